The lowest BCUT2D eigenvalue weighted by Gasteiger charge is -2.49. The third kappa shape index (κ3) is 17.3. The number of alkyl carbamates (subject to hydrolysis) is 1. The smallest absolute Gasteiger partial charge is 0.426 e. The number of para-hydroxylation sites is 1. The first-order chi connectivity index (χ1) is 36.3. The summed E-state index contributed by atoms with van der Waals surface area (Å²) in [6.07, 6.45) is -8.70. The Morgan fingerprint density at radius 1 is 0.857 bits per heavy atom. The quantitative estimate of drug-likeness (QED) is 0.0584. The highest BCUT2D eigenvalue weighted by molar-refractivity contribution is 5.92. The first-order valence-corrected chi connectivity index (χ1v) is 27.1. The minimum absolute atomic E-state index is 0.145. The second kappa shape index (κ2) is 28.3. The van der Waals surface area contributed by atoms with Crippen molar-refractivity contribution in [3.63, 3.8) is 0 Å². The number of aliphatic hydroxyl groups is 3. The van der Waals surface area contributed by atoms with Crippen LogP contribution in [0.5, 0.6) is 5.75 Å². The molecule has 0 aliphatic carbocycles. The van der Waals surface area contributed by atoms with Crippen molar-refractivity contribution in [1.29, 1.82) is 0 Å². The number of carbonyl (C=O) groups is 4. The summed E-state index contributed by atoms with van der Waals surface area (Å²) >= 11 is 0. The van der Waals surface area contributed by atoms with Gasteiger partial charge in [-0.15, -0.1) is 0 Å². The van der Waals surface area contributed by atoms with E-state index >= 15 is 0 Å². The Morgan fingerprint density at radius 3 is 2.18 bits per heavy atom. The van der Waals surface area contributed by atoms with Crippen LogP contribution in [0.1, 0.15) is 106 Å². The summed E-state index contributed by atoms with van der Waals surface area (Å²) < 4.78 is 50.1. The zero-order valence-electron chi connectivity index (χ0n) is 47.7. The molecule has 20 nitrogen and oxygen atoms in total. The van der Waals surface area contributed by atoms with Crippen LogP contribution >= 0.6 is 0 Å². The fraction of sp³-hybridized carbons (Fsp3) is 0.684. The van der Waals surface area contributed by atoms with Crippen molar-refractivity contribution in [3.8, 4) is 5.75 Å². The molecule has 0 aromatic heterocycles. The predicted octanol–water partition coefficient (Wildman–Crippen LogP) is 5.60. The van der Waals surface area contributed by atoms with E-state index in [2.05, 4.69) is 16.2 Å². The molecule has 20 heteroatoms. The molecule has 3 amide bonds. The normalized spacial score (nSPS) is 34.7. The number of aliphatic hydroxyl groups excluding tert-OH is 2. The number of methoxy groups -OCH3 is 1. The maximum Gasteiger partial charge on any atom is 0.426 e. The molecule has 0 saturated carbocycles. The number of nitrogens with one attached hydrogen (secondary N) is 3. The van der Waals surface area contributed by atoms with Crippen molar-refractivity contribution in [2.75, 3.05) is 41.3 Å². The van der Waals surface area contributed by atoms with Gasteiger partial charge in [0.15, 0.2) is 12.6 Å². The first-order valence-electron chi connectivity index (χ1n) is 27.1. The molecule has 5 rings (SSSR count). The summed E-state index contributed by atoms with van der Waals surface area (Å²) in [5, 5.41) is 39.7. The third-order valence-electron chi connectivity index (χ3n) is 15.4. The molecule has 17 atom stereocenters. The Morgan fingerprint density at radius 2 is 1.53 bits per heavy atom. The van der Waals surface area contributed by atoms with Gasteiger partial charge in [0.2, 0.25) is 0 Å². The molecule has 3 aliphatic heterocycles. The molecule has 2 aromatic carbocycles. The molecule has 3 heterocycles. The van der Waals surface area contributed by atoms with Gasteiger partial charge in [0.1, 0.15) is 36.3 Å². The largest absolute Gasteiger partial charge is 0.496 e. The lowest BCUT2D eigenvalue weighted by Crippen LogP contribution is -2.60. The van der Waals surface area contributed by atoms with Crippen LogP contribution in [0.25, 0.3) is 6.08 Å². The van der Waals surface area contributed by atoms with E-state index in [1.807, 2.05) is 95.9 Å². The van der Waals surface area contributed by atoms with Crippen LogP contribution in [0.4, 0.5) is 9.59 Å². The van der Waals surface area contributed by atoms with E-state index < -0.39 is 114 Å². The number of nitrogens with zero attached hydrogens (tertiary/aromatic N) is 2. The molecule has 0 spiro atoms. The molecule has 2 aromatic rings. The summed E-state index contributed by atoms with van der Waals surface area (Å²) in [4.78, 5) is 58.0. The molecule has 432 valence electrons. The average Bonchev–Trinajstić information content (AvgIpc) is 3.38. The summed E-state index contributed by atoms with van der Waals surface area (Å²) in [6.45, 7) is 18.7. The van der Waals surface area contributed by atoms with Gasteiger partial charge in [-0.2, -0.15) is 0 Å². The number of hydrogen-bond acceptors (Lipinski definition) is 17. The first kappa shape index (κ1) is 62.9. The van der Waals surface area contributed by atoms with Gasteiger partial charge in [0, 0.05) is 54.6 Å². The predicted molar refractivity (Wildman–Crippen MR) is 288 cm³/mol. The highest BCUT2D eigenvalue weighted by Crippen LogP contribution is 2.42. The second-order valence-corrected chi connectivity index (χ2v) is 22.6. The Hall–Kier alpha value is -4.90. The summed E-state index contributed by atoms with van der Waals surface area (Å²) in [5.74, 6) is -3.02. The van der Waals surface area contributed by atoms with Crippen molar-refractivity contribution in [2.24, 2.45) is 23.2 Å². The van der Waals surface area contributed by atoms with Crippen LogP contribution in [0, 0.1) is 23.2 Å². The van der Waals surface area contributed by atoms with E-state index in [1.165, 1.54) is 13.2 Å². The summed E-state index contributed by atoms with van der Waals surface area (Å²) in [5.41, 5.74) is 3.82. The molecule has 1 unspecified atom stereocenters. The molecule has 3 fully saturated rings. The van der Waals surface area contributed by atoms with Gasteiger partial charge in [-0.3, -0.25) is 19.9 Å². The lowest BCUT2D eigenvalue weighted by molar-refractivity contribution is -0.312. The van der Waals surface area contributed by atoms with Crippen molar-refractivity contribution >= 4 is 30.1 Å². The lowest BCUT2D eigenvalue weighted by atomic mass is 9.77. The zero-order valence-corrected chi connectivity index (χ0v) is 47.7. The maximum absolute atomic E-state index is 14.8. The summed E-state index contributed by atoms with van der Waals surface area (Å²) in [6, 6.07) is 15.9. The highest BCUT2D eigenvalue weighted by Gasteiger charge is 2.52. The Balaban J connectivity index is 1.43. The minimum atomic E-state index is -1.67. The Kier molecular flexibility index (Phi) is 23.1. The molecule has 3 saturated heterocycles. The van der Waals surface area contributed by atoms with E-state index in [0.29, 0.717) is 30.7 Å². The minimum Gasteiger partial charge on any atom is -0.496 e. The van der Waals surface area contributed by atoms with Crippen LogP contribution in [0.3, 0.4) is 0 Å². The number of likely N-dealkylation sites (N-methyl/N-ethyl adjacent to an activating group) is 2. The number of hydrogen-bond donors (Lipinski definition) is 6. The Bertz CT molecular complexity index is 2230. The van der Waals surface area contributed by atoms with Crippen molar-refractivity contribution in [3.05, 3.63) is 71.8 Å². The van der Waals surface area contributed by atoms with Crippen molar-refractivity contribution in [1.82, 2.24) is 26.0 Å². The molecule has 0 radical (unpaired) electrons. The van der Waals surface area contributed by atoms with Gasteiger partial charge in [0.25, 0.3) is 5.91 Å². The van der Waals surface area contributed by atoms with E-state index in [4.69, 9.17) is 37.9 Å². The number of ether oxygens (including phenoxy) is 8. The number of carbonyl (C=O) groups excluding carboxylic acids is 4. The van der Waals surface area contributed by atoms with Crippen molar-refractivity contribution < 1.29 is 72.4 Å². The fourth-order valence-corrected chi connectivity index (χ4v) is 11.2. The monoisotopic (exact) mass is 1080 g/mol. The topological polar surface area (TPSA) is 245 Å². The number of hydrazine groups is 1. The molecular formula is C57H89N5O15. The molecule has 3 aliphatic rings. The average molecular weight is 1080 g/mol. The van der Waals surface area contributed by atoms with E-state index in [9.17, 15) is 34.5 Å². The van der Waals surface area contributed by atoms with Crippen LogP contribution in [0.2, 0.25) is 0 Å². The maximum atomic E-state index is 14.8. The second-order valence-electron chi connectivity index (χ2n) is 22.6. The Labute approximate surface area is 455 Å². The van der Waals surface area contributed by atoms with Crippen molar-refractivity contribution in [2.45, 2.75) is 187 Å². The number of esters is 1. The van der Waals surface area contributed by atoms with Gasteiger partial charge < -0.3 is 63.4 Å². The van der Waals surface area contributed by atoms with Gasteiger partial charge in [-0.05, 0) is 105 Å². The van der Waals surface area contributed by atoms with Gasteiger partial charge in [-0.25, -0.2) is 15.0 Å². The van der Waals surface area contributed by atoms with Crippen LogP contribution in [-0.2, 0) is 49.2 Å². The number of cyclic esters (lactones) is 1. The summed E-state index contributed by atoms with van der Waals surface area (Å²) in [7, 11) is 7.10. The molecule has 77 heavy (non-hydrogen) atoms. The standard InChI is InChI=1S/C57H89N5O15/c1-15-42-47(65)49(75-54(67)58-28-27-39-21-17-16-18-22-39)37(6)62(13)32-33(2)30-57(10,69)50(76-53-46(64)41(61(11)12)29-34(3)71-53)35(4)48(36(5)52(66)73-42)74-45-31-56(8,9)51(38(7)72-45)77-55(68)60-59-44(63)26-25-40-23-19-20-24-43(40)70-14/h16-26,33-38,41-42,45-51,53,64-65,69H,15,27-32H2,1-14H3,(H,58,67)(H,59,63)(H,60,68)/b26-25+/t33-,34-,35+,36-,37-,38+,41+,42-,45?,46-,47+,48+,49-,50-,51+,53+,57+/m1/s1. The third-order valence-corrected chi connectivity index (χ3v) is 15.4. The molecule has 0 bridgehead atoms. The number of rotatable bonds is 14. The van der Waals surface area contributed by atoms with E-state index in [1.54, 1.807) is 65.0 Å². The highest BCUT2D eigenvalue weighted by atomic mass is 16.7. The van der Waals surface area contributed by atoms with E-state index in [0.717, 1.165) is 5.56 Å². The van der Waals surface area contributed by atoms with Gasteiger partial charge in [-0.1, -0.05) is 83.1 Å². The van der Waals surface area contributed by atoms with E-state index in [-0.39, 0.29) is 43.9 Å². The molecule has 6 N–H and O–H groups in total. The van der Waals surface area contributed by atoms with Crippen LogP contribution < -0.4 is 20.9 Å². The van der Waals surface area contributed by atoms with Gasteiger partial charge >= 0.3 is 18.2 Å². The number of amides is 3. The molecular weight excluding hydrogens is 995 g/mol. The van der Waals surface area contributed by atoms with Gasteiger partial charge in [0.05, 0.1) is 43.0 Å². The van der Waals surface area contributed by atoms with Crippen LogP contribution in [-0.4, -0.2) is 176 Å². The fourth-order valence-electron chi connectivity index (χ4n) is 11.2. The number of benzene rings is 2. The zero-order chi connectivity index (χ0) is 56.9. The SMILES string of the molecule is CC[C@H]1OC(=O)[C@H](C)[C@@H](OC2CC(C)(C)[C@@H](OC(=O)NNC(=O)/C=C/c3ccccc3OC)[C@H](C)O2)[C@H](C)[C@@H](O[C@@H]2O[C@H](C)C[C@H](N(C)C)[C@H]2O)[C@@](C)(O)C[C@@H](C)CN(C)[C@H](C)[C@@H](OC(=O)NCCc2ccccc2)[C@H]1O. The van der Waals surface area contributed by atoms with Crippen LogP contribution in [0.15, 0.2) is 60.7 Å².